The lowest BCUT2D eigenvalue weighted by Gasteiger charge is -1.98. The van der Waals surface area contributed by atoms with Gasteiger partial charge in [-0.1, -0.05) is 26.7 Å². The van der Waals surface area contributed by atoms with E-state index in [1.54, 1.807) is 6.92 Å². The third-order valence-electron chi connectivity index (χ3n) is 1.55. The summed E-state index contributed by atoms with van der Waals surface area (Å²) in [6.07, 6.45) is 3.98. The molecule has 3 heteroatoms. The molecule has 0 aliphatic heterocycles. The Kier molecular flexibility index (Phi) is 13.5. The van der Waals surface area contributed by atoms with Crippen LogP contribution in [0.5, 0.6) is 0 Å². The summed E-state index contributed by atoms with van der Waals surface area (Å²) >= 11 is 0. The molecule has 0 radical (unpaired) electrons. The van der Waals surface area contributed by atoms with E-state index >= 15 is 0 Å². The van der Waals surface area contributed by atoms with Gasteiger partial charge in [0, 0.05) is 13.3 Å². The average molecular weight is 202 g/mol. The molecule has 14 heavy (non-hydrogen) atoms. The van der Waals surface area contributed by atoms with E-state index in [1.807, 2.05) is 6.92 Å². The minimum Gasteiger partial charge on any atom is -0.466 e. The molecule has 0 unspecified atom stereocenters. The first-order valence-corrected chi connectivity index (χ1v) is 5.17. The van der Waals surface area contributed by atoms with Gasteiger partial charge in [0.2, 0.25) is 0 Å². The smallest absolute Gasteiger partial charge is 0.302 e. The van der Waals surface area contributed by atoms with Crippen LogP contribution in [0.2, 0.25) is 0 Å². The number of carbonyl (C=O) groups is 2. The van der Waals surface area contributed by atoms with Gasteiger partial charge in [-0.25, -0.2) is 0 Å². The van der Waals surface area contributed by atoms with Crippen molar-refractivity contribution in [3.8, 4) is 0 Å². The molecule has 0 fully saturated rings. The summed E-state index contributed by atoms with van der Waals surface area (Å²) in [6.45, 7) is 7.57. The van der Waals surface area contributed by atoms with Gasteiger partial charge in [0.1, 0.15) is 5.78 Å². The molecule has 0 amide bonds. The highest BCUT2D eigenvalue weighted by atomic mass is 16.5. The van der Waals surface area contributed by atoms with Crippen LogP contribution in [0.1, 0.15) is 53.4 Å². The van der Waals surface area contributed by atoms with Crippen molar-refractivity contribution >= 4 is 11.8 Å². The van der Waals surface area contributed by atoms with Gasteiger partial charge in [-0.05, 0) is 13.3 Å². The van der Waals surface area contributed by atoms with Crippen LogP contribution in [-0.4, -0.2) is 18.4 Å². The molecule has 0 spiro atoms. The molecule has 0 heterocycles. The average Bonchev–Trinajstić information content (AvgIpc) is 2.13. The highest BCUT2D eigenvalue weighted by molar-refractivity contribution is 5.74. The first-order valence-electron chi connectivity index (χ1n) is 5.17. The molecule has 0 aromatic heterocycles. The first-order chi connectivity index (χ1) is 6.54. The van der Waals surface area contributed by atoms with Gasteiger partial charge in [-0.15, -0.1) is 0 Å². The van der Waals surface area contributed by atoms with E-state index in [4.69, 9.17) is 4.74 Å². The van der Waals surface area contributed by atoms with Crippen LogP contribution in [0.3, 0.4) is 0 Å². The van der Waals surface area contributed by atoms with Crippen LogP contribution in [0.4, 0.5) is 0 Å². The lowest BCUT2D eigenvalue weighted by molar-refractivity contribution is -0.141. The van der Waals surface area contributed by atoms with Crippen molar-refractivity contribution in [2.45, 2.75) is 53.4 Å². The quantitative estimate of drug-likeness (QED) is 0.508. The third-order valence-corrected chi connectivity index (χ3v) is 1.55. The van der Waals surface area contributed by atoms with Gasteiger partial charge in [0.25, 0.3) is 0 Å². The summed E-state index contributed by atoms with van der Waals surface area (Å²) in [5.74, 6) is 0.0797. The summed E-state index contributed by atoms with van der Waals surface area (Å²) in [6, 6.07) is 0. The molecule has 3 nitrogen and oxygen atoms in total. The fraction of sp³-hybridized carbons (Fsp3) is 0.818. The first kappa shape index (κ1) is 15.6. The summed E-state index contributed by atoms with van der Waals surface area (Å²) in [4.78, 5) is 20.0. The van der Waals surface area contributed by atoms with Crippen molar-refractivity contribution in [3.63, 3.8) is 0 Å². The molecule has 0 saturated carbocycles. The molecule has 0 bridgehead atoms. The van der Waals surface area contributed by atoms with Crippen LogP contribution in [-0.2, 0) is 14.3 Å². The van der Waals surface area contributed by atoms with Crippen molar-refractivity contribution in [1.82, 2.24) is 0 Å². The normalized spacial score (nSPS) is 8.57. The lowest BCUT2D eigenvalue weighted by atomic mass is 10.3. The Morgan fingerprint density at radius 2 is 1.57 bits per heavy atom. The summed E-state index contributed by atoms with van der Waals surface area (Å²) in [7, 11) is 0. The van der Waals surface area contributed by atoms with Crippen molar-refractivity contribution in [1.29, 1.82) is 0 Å². The molecular formula is C11H22O3. The zero-order valence-electron chi connectivity index (χ0n) is 9.76. The predicted molar refractivity (Wildman–Crippen MR) is 57.1 cm³/mol. The number of hydrogen-bond donors (Lipinski definition) is 0. The van der Waals surface area contributed by atoms with E-state index in [1.165, 1.54) is 13.3 Å². The van der Waals surface area contributed by atoms with Crippen molar-refractivity contribution in [2.24, 2.45) is 0 Å². The lowest BCUT2D eigenvalue weighted by Crippen LogP contribution is -1.99. The number of unbranched alkanes of at least 4 members (excludes halogenated alkanes) is 2. The number of esters is 1. The highest BCUT2D eigenvalue weighted by Gasteiger charge is 1.89. The predicted octanol–water partition coefficient (Wildman–Crippen LogP) is 2.73. The number of Topliss-reactive ketones (excluding diaryl/α,β-unsaturated/α-hetero) is 1. The van der Waals surface area contributed by atoms with Crippen LogP contribution < -0.4 is 0 Å². The van der Waals surface area contributed by atoms with Crippen LogP contribution in [0.25, 0.3) is 0 Å². The van der Waals surface area contributed by atoms with E-state index in [-0.39, 0.29) is 11.8 Å². The van der Waals surface area contributed by atoms with E-state index in [9.17, 15) is 9.59 Å². The highest BCUT2D eigenvalue weighted by Crippen LogP contribution is 1.93. The Morgan fingerprint density at radius 1 is 1.07 bits per heavy atom. The second kappa shape index (κ2) is 12.1. The number of rotatable bonds is 5. The van der Waals surface area contributed by atoms with Crippen molar-refractivity contribution in [2.75, 3.05) is 6.61 Å². The molecule has 0 aromatic carbocycles. The summed E-state index contributed by atoms with van der Waals surface area (Å²) in [5, 5.41) is 0. The zero-order valence-corrected chi connectivity index (χ0v) is 9.76. The molecule has 0 rings (SSSR count). The number of ether oxygens (including phenoxy) is 1. The third kappa shape index (κ3) is 22.5. The van der Waals surface area contributed by atoms with Crippen LogP contribution >= 0.6 is 0 Å². The van der Waals surface area contributed by atoms with Crippen LogP contribution in [0, 0.1) is 0 Å². The number of ketones is 1. The van der Waals surface area contributed by atoms with Gasteiger partial charge in [-0.3, -0.25) is 4.79 Å². The molecule has 0 N–H and O–H groups in total. The maximum Gasteiger partial charge on any atom is 0.302 e. The molecule has 0 atom stereocenters. The van der Waals surface area contributed by atoms with Crippen LogP contribution in [0.15, 0.2) is 0 Å². The molecular weight excluding hydrogens is 180 g/mol. The molecule has 0 aliphatic rings. The number of hydrogen-bond acceptors (Lipinski definition) is 3. The van der Waals surface area contributed by atoms with Gasteiger partial charge in [-0.2, -0.15) is 0 Å². The van der Waals surface area contributed by atoms with E-state index in [0.29, 0.717) is 13.0 Å². The number of carbonyl (C=O) groups excluding carboxylic acids is 2. The maximum atomic E-state index is 10.2. The van der Waals surface area contributed by atoms with Gasteiger partial charge >= 0.3 is 5.97 Å². The largest absolute Gasteiger partial charge is 0.466 e. The Balaban J connectivity index is 0. The Bertz CT molecular complexity index is 153. The zero-order chi connectivity index (χ0) is 11.4. The Morgan fingerprint density at radius 3 is 1.86 bits per heavy atom. The maximum absolute atomic E-state index is 10.2. The van der Waals surface area contributed by atoms with Crippen molar-refractivity contribution in [3.05, 3.63) is 0 Å². The summed E-state index contributed by atoms with van der Waals surface area (Å²) in [5.41, 5.74) is 0. The SMILES string of the molecule is CCC(C)=O.CCCCCOC(C)=O. The Hall–Kier alpha value is -0.860. The standard InChI is InChI=1S/C7H14O2.C4H8O/c1-3-4-5-6-9-7(2)8;1-3-4(2)5/h3-6H2,1-2H3;3H2,1-2H3. The second-order valence-corrected chi connectivity index (χ2v) is 3.10. The fourth-order valence-corrected chi connectivity index (χ4v) is 0.568. The molecule has 0 aromatic rings. The van der Waals surface area contributed by atoms with Gasteiger partial charge in [0.15, 0.2) is 0 Å². The Labute approximate surface area is 86.8 Å². The molecule has 0 saturated heterocycles. The van der Waals surface area contributed by atoms with Gasteiger partial charge in [0.05, 0.1) is 6.61 Å². The van der Waals surface area contributed by atoms with Crippen molar-refractivity contribution < 1.29 is 14.3 Å². The molecule has 84 valence electrons. The second-order valence-electron chi connectivity index (χ2n) is 3.10. The fourth-order valence-electron chi connectivity index (χ4n) is 0.568. The molecule has 0 aliphatic carbocycles. The minimum absolute atomic E-state index is 0.175. The minimum atomic E-state index is -0.175. The van der Waals surface area contributed by atoms with E-state index < -0.39 is 0 Å². The summed E-state index contributed by atoms with van der Waals surface area (Å²) < 4.78 is 4.70. The monoisotopic (exact) mass is 202 g/mol. The van der Waals surface area contributed by atoms with E-state index in [0.717, 1.165) is 12.8 Å². The topological polar surface area (TPSA) is 43.4 Å². The van der Waals surface area contributed by atoms with Gasteiger partial charge < -0.3 is 9.53 Å². The van der Waals surface area contributed by atoms with E-state index in [2.05, 4.69) is 6.92 Å².